The first-order chi connectivity index (χ1) is 11.8. The van der Waals surface area contributed by atoms with Crippen LogP contribution in [0.5, 0.6) is 0 Å². The molecule has 1 atom stereocenters. The van der Waals surface area contributed by atoms with Gasteiger partial charge in [-0.1, -0.05) is 37.6 Å². The van der Waals surface area contributed by atoms with Gasteiger partial charge in [0.05, 0.1) is 11.2 Å². The second-order valence-electron chi connectivity index (χ2n) is 6.21. The minimum absolute atomic E-state index is 0.408. The molecular formula is C19H20N4O. The molecule has 0 saturated carbocycles. The number of hydrogen-bond acceptors (Lipinski definition) is 4. The first kappa shape index (κ1) is 14.8. The summed E-state index contributed by atoms with van der Waals surface area (Å²) in [5.41, 5.74) is 3.79. The number of nitrogens with one attached hydrogen (secondary N) is 2. The van der Waals surface area contributed by atoms with E-state index in [2.05, 4.69) is 40.6 Å². The van der Waals surface area contributed by atoms with Crippen LogP contribution in [0.4, 0.5) is 11.5 Å². The number of aromatic nitrogens is 3. The summed E-state index contributed by atoms with van der Waals surface area (Å²) >= 11 is 0. The maximum atomic E-state index is 5.55. The summed E-state index contributed by atoms with van der Waals surface area (Å²) in [5.74, 6) is 1.22. The van der Waals surface area contributed by atoms with Gasteiger partial charge in [0.25, 0.3) is 0 Å². The molecule has 4 aromatic rings. The van der Waals surface area contributed by atoms with Gasteiger partial charge < -0.3 is 9.84 Å². The molecule has 0 amide bonds. The fourth-order valence-corrected chi connectivity index (χ4v) is 3.16. The van der Waals surface area contributed by atoms with E-state index in [1.807, 2.05) is 36.4 Å². The quantitative estimate of drug-likeness (QED) is 0.520. The molecule has 122 valence electrons. The van der Waals surface area contributed by atoms with Crippen LogP contribution >= 0.6 is 0 Å². The zero-order valence-electron chi connectivity index (χ0n) is 13.8. The Morgan fingerprint density at radius 1 is 1.17 bits per heavy atom. The third-order valence-corrected chi connectivity index (χ3v) is 4.42. The van der Waals surface area contributed by atoms with Crippen LogP contribution in [-0.2, 0) is 0 Å². The molecule has 0 aliphatic rings. The Labute approximate surface area is 140 Å². The number of aromatic amines is 1. The van der Waals surface area contributed by atoms with Gasteiger partial charge in [0, 0.05) is 28.4 Å². The smallest absolute Gasteiger partial charge is 0.169 e. The third kappa shape index (κ3) is 2.52. The van der Waals surface area contributed by atoms with Crippen molar-refractivity contribution in [2.24, 2.45) is 0 Å². The van der Waals surface area contributed by atoms with Gasteiger partial charge in [-0.2, -0.15) is 5.10 Å². The minimum Gasteiger partial charge on any atom is -0.356 e. The van der Waals surface area contributed by atoms with E-state index in [0.717, 1.165) is 51.9 Å². The van der Waals surface area contributed by atoms with Crippen molar-refractivity contribution < 1.29 is 4.52 Å². The summed E-state index contributed by atoms with van der Waals surface area (Å²) in [7, 11) is 0. The highest BCUT2D eigenvalue weighted by atomic mass is 16.5. The molecule has 0 spiro atoms. The average Bonchev–Trinajstić information content (AvgIpc) is 3.19. The zero-order chi connectivity index (χ0) is 16.5. The molecule has 2 aromatic heterocycles. The van der Waals surface area contributed by atoms with Gasteiger partial charge in [-0.15, -0.1) is 0 Å². The largest absolute Gasteiger partial charge is 0.356 e. The number of anilines is 2. The van der Waals surface area contributed by atoms with Crippen LogP contribution in [0.2, 0.25) is 0 Å². The summed E-state index contributed by atoms with van der Waals surface area (Å²) in [5, 5.41) is 17.2. The Bertz CT molecular complexity index is 985. The maximum Gasteiger partial charge on any atom is 0.169 e. The average molecular weight is 320 g/mol. The Morgan fingerprint density at radius 2 is 2.04 bits per heavy atom. The van der Waals surface area contributed by atoms with E-state index in [9.17, 15) is 0 Å². The van der Waals surface area contributed by atoms with Crippen LogP contribution in [0.25, 0.3) is 21.9 Å². The molecule has 1 unspecified atom stereocenters. The van der Waals surface area contributed by atoms with Gasteiger partial charge in [-0.3, -0.25) is 5.10 Å². The number of hydrogen-bond donors (Lipinski definition) is 2. The predicted molar refractivity (Wildman–Crippen MR) is 96.7 cm³/mol. The number of para-hydroxylation sites is 1. The van der Waals surface area contributed by atoms with E-state index in [1.54, 1.807) is 0 Å². The number of nitrogens with zero attached hydrogens (tertiary/aromatic N) is 2. The standard InChI is InChI=1S/C19H20N4O/c1-3-6-12(2)18-15-10-9-13(11-17(15)24-23-18)20-19-14-7-4-5-8-16(14)21-22-19/h4-5,7-12H,3,6H2,1-2H3,(H2,20,21,22). The lowest BCUT2D eigenvalue weighted by Crippen LogP contribution is -1.94. The van der Waals surface area contributed by atoms with E-state index in [4.69, 9.17) is 4.52 Å². The van der Waals surface area contributed by atoms with Crippen LogP contribution in [0, 0.1) is 0 Å². The van der Waals surface area contributed by atoms with Crippen molar-refractivity contribution in [1.82, 2.24) is 15.4 Å². The molecule has 0 bridgehead atoms. The van der Waals surface area contributed by atoms with Gasteiger partial charge >= 0.3 is 0 Å². The molecule has 0 aliphatic carbocycles. The van der Waals surface area contributed by atoms with Crippen molar-refractivity contribution in [3.05, 3.63) is 48.2 Å². The van der Waals surface area contributed by atoms with E-state index < -0.39 is 0 Å². The molecule has 0 radical (unpaired) electrons. The summed E-state index contributed by atoms with van der Waals surface area (Å²) in [4.78, 5) is 0. The monoisotopic (exact) mass is 320 g/mol. The number of rotatable bonds is 5. The van der Waals surface area contributed by atoms with E-state index >= 15 is 0 Å². The molecule has 0 aliphatic heterocycles. The Hall–Kier alpha value is -2.82. The fourth-order valence-electron chi connectivity index (χ4n) is 3.16. The van der Waals surface area contributed by atoms with Gasteiger partial charge in [0.1, 0.15) is 0 Å². The molecule has 0 saturated heterocycles. The SMILES string of the molecule is CCCC(C)c1noc2cc(Nc3n[nH]c4ccccc34)ccc12. The van der Waals surface area contributed by atoms with E-state index in [-0.39, 0.29) is 0 Å². The molecule has 2 N–H and O–H groups in total. The normalized spacial score (nSPS) is 12.8. The molecular weight excluding hydrogens is 300 g/mol. The third-order valence-electron chi connectivity index (χ3n) is 4.42. The van der Waals surface area contributed by atoms with Crippen LogP contribution in [0.1, 0.15) is 38.3 Å². The number of fused-ring (bicyclic) bond motifs is 2. The lowest BCUT2D eigenvalue weighted by Gasteiger charge is -2.06. The second-order valence-corrected chi connectivity index (χ2v) is 6.21. The summed E-state index contributed by atoms with van der Waals surface area (Å²) in [6.07, 6.45) is 2.25. The Balaban J connectivity index is 1.66. The highest BCUT2D eigenvalue weighted by Gasteiger charge is 2.15. The molecule has 2 aromatic carbocycles. The van der Waals surface area contributed by atoms with Gasteiger partial charge in [0.15, 0.2) is 11.4 Å². The Morgan fingerprint density at radius 3 is 2.92 bits per heavy atom. The topological polar surface area (TPSA) is 66.7 Å². The maximum absolute atomic E-state index is 5.55. The second kappa shape index (κ2) is 6.00. The van der Waals surface area contributed by atoms with Crippen molar-refractivity contribution in [3.8, 4) is 0 Å². The van der Waals surface area contributed by atoms with Crippen molar-refractivity contribution >= 4 is 33.4 Å². The number of benzene rings is 2. The van der Waals surface area contributed by atoms with Gasteiger partial charge in [0.2, 0.25) is 0 Å². The van der Waals surface area contributed by atoms with Gasteiger partial charge in [-0.25, -0.2) is 0 Å². The zero-order valence-corrected chi connectivity index (χ0v) is 13.8. The summed E-state index contributed by atoms with van der Waals surface area (Å²) in [6, 6.07) is 14.1. The first-order valence-electron chi connectivity index (χ1n) is 8.35. The highest BCUT2D eigenvalue weighted by molar-refractivity contribution is 5.92. The summed E-state index contributed by atoms with van der Waals surface area (Å²) in [6.45, 7) is 4.39. The molecule has 5 heteroatoms. The van der Waals surface area contributed by atoms with Crippen molar-refractivity contribution in [3.63, 3.8) is 0 Å². The minimum atomic E-state index is 0.408. The molecule has 0 fully saturated rings. The summed E-state index contributed by atoms with van der Waals surface area (Å²) < 4.78 is 5.55. The van der Waals surface area contributed by atoms with E-state index in [0.29, 0.717) is 5.92 Å². The Kier molecular flexibility index (Phi) is 3.69. The fraction of sp³-hybridized carbons (Fsp3) is 0.263. The lowest BCUT2D eigenvalue weighted by atomic mass is 9.99. The van der Waals surface area contributed by atoms with Crippen LogP contribution < -0.4 is 5.32 Å². The first-order valence-corrected chi connectivity index (χ1v) is 8.35. The van der Waals surface area contributed by atoms with Crippen molar-refractivity contribution in [2.75, 3.05) is 5.32 Å². The van der Waals surface area contributed by atoms with Crippen LogP contribution in [-0.4, -0.2) is 15.4 Å². The van der Waals surface area contributed by atoms with Crippen LogP contribution in [0.15, 0.2) is 47.0 Å². The predicted octanol–water partition coefficient (Wildman–Crippen LogP) is 5.35. The van der Waals surface area contributed by atoms with Crippen molar-refractivity contribution in [1.29, 1.82) is 0 Å². The molecule has 5 nitrogen and oxygen atoms in total. The molecule has 2 heterocycles. The molecule has 4 rings (SSSR count). The van der Waals surface area contributed by atoms with Gasteiger partial charge in [-0.05, 0) is 30.7 Å². The molecule has 24 heavy (non-hydrogen) atoms. The van der Waals surface area contributed by atoms with E-state index in [1.165, 1.54) is 0 Å². The number of H-pyrrole nitrogens is 1. The van der Waals surface area contributed by atoms with Crippen LogP contribution in [0.3, 0.4) is 0 Å². The lowest BCUT2D eigenvalue weighted by molar-refractivity contribution is 0.436. The highest BCUT2D eigenvalue weighted by Crippen LogP contribution is 2.31. The van der Waals surface area contributed by atoms with Crippen molar-refractivity contribution in [2.45, 2.75) is 32.6 Å².